The fourth-order valence-electron chi connectivity index (χ4n) is 5.44. The van der Waals surface area contributed by atoms with Crippen molar-refractivity contribution in [2.24, 2.45) is 12.5 Å². The number of pyridine rings is 1. The Morgan fingerprint density at radius 1 is 1.02 bits per heavy atom. The van der Waals surface area contributed by atoms with Crippen molar-refractivity contribution >= 4 is 27.8 Å². The van der Waals surface area contributed by atoms with Crippen molar-refractivity contribution in [2.75, 3.05) is 6.61 Å². The van der Waals surface area contributed by atoms with Crippen LogP contribution in [0.5, 0.6) is 5.75 Å². The number of H-pyrrole nitrogens is 1. The Hall–Kier alpha value is -4.46. The number of nitrogens with one attached hydrogen (secondary N) is 1. The van der Waals surface area contributed by atoms with E-state index in [1.165, 1.54) is 4.57 Å². The van der Waals surface area contributed by atoms with Crippen molar-refractivity contribution in [3.63, 3.8) is 0 Å². The van der Waals surface area contributed by atoms with Gasteiger partial charge in [0.15, 0.2) is 0 Å². The van der Waals surface area contributed by atoms with Crippen molar-refractivity contribution in [1.29, 1.82) is 0 Å². The highest BCUT2D eigenvalue weighted by molar-refractivity contribution is 5.88. The molecule has 1 unspecified atom stereocenters. The third-order valence-electron chi connectivity index (χ3n) is 7.29. The molecule has 0 fully saturated rings. The summed E-state index contributed by atoms with van der Waals surface area (Å²) in [5.41, 5.74) is 1.31. The maximum absolute atomic E-state index is 15.5. The highest BCUT2D eigenvalue weighted by Crippen LogP contribution is 2.42. The van der Waals surface area contributed by atoms with Crippen molar-refractivity contribution in [3.05, 3.63) is 111 Å². The summed E-state index contributed by atoms with van der Waals surface area (Å²) in [6.45, 7) is 5.88. The minimum absolute atomic E-state index is 0.0455. The van der Waals surface area contributed by atoms with Crippen LogP contribution in [0.25, 0.3) is 21.8 Å². The number of aromatic nitrogens is 2. The summed E-state index contributed by atoms with van der Waals surface area (Å²) in [6.07, 6.45) is 0.489. The highest BCUT2D eigenvalue weighted by Gasteiger charge is 2.32. The molecule has 0 saturated heterocycles. The first kappa shape index (κ1) is 28.1. The van der Waals surface area contributed by atoms with Gasteiger partial charge in [0.1, 0.15) is 17.4 Å². The number of esters is 1. The van der Waals surface area contributed by atoms with E-state index in [9.17, 15) is 19.1 Å². The normalized spacial score (nSPS) is 12.6. The zero-order chi connectivity index (χ0) is 29.5. The molecule has 2 N–H and O–H groups in total. The van der Waals surface area contributed by atoms with Gasteiger partial charge in [-0.3, -0.25) is 9.59 Å². The van der Waals surface area contributed by atoms with Crippen LogP contribution in [0.3, 0.4) is 0 Å². The molecule has 5 aromatic rings. The smallest absolute Gasteiger partial charge is 0.306 e. The van der Waals surface area contributed by atoms with Gasteiger partial charge in [0.2, 0.25) is 0 Å². The van der Waals surface area contributed by atoms with E-state index in [0.29, 0.717) is 27.7 Å². The Bertz CT molecular complexity index is 1830. The molecule has 0 spiro atoms. The molecule has 0 saturated carbocycles. The van der Waals surface area contributed by atoms with E-state index < -0.39 is 23.1 Å². The summed E-state index contributed by atoms with van der Waals surface area (Å²) in [5, 5.41) is 12.7. The third-order valence-corrected chi connectivity index (χ3v) is 7.29. The van der Waals surface area contributed by atoms with E-state index in [4.69, 9.17) is 4.74 Å². The lowest BCUT2D eigenvalue weighted by Gasteiger charge is -2.22. The van der Waals surface area contributed by atoms with Gasteiger partial charge in [0, 0.05) is 41.0 Å². The molecular formula is C33H32F2N2O4. The molecule has 5 rings (SSSR count). The van der Waals surface area contributed by atoms with Crippen LogP contribution in [0.1, 0.15) is 55.5 Å². The van der Waals surface area contributed by atoms with E-state index >= 15 is 4.39 Å². The van der Waals surface area contributed by atoms with Gasteiger partial charge in [-0.2, -0.15) is 0 Å². The second kappa shape index (κ2) is 10.8. The predicted octanol–water partition coefficient (Wildman–Crippen LogP) is 6.71. The number of hydrogen-bond donors (Lipinski definition) is 2. The zero-order valence-corrected chi connectivity index (χ0v) is 23.4. The predicted molar refractivity (Wildman–Crippen MR) is 155 cm³/mol. The average molecular weight is 559 g/mol. The molecule has 212 valence electrons. The topological polar surface area (TPSA) is 84.3 Å². The molecule has 6 nitrogen and oxygen atoms in total. The van der Waals surface area contributed by atoms with Crippen LogP contribution in [0.4, 0.5) is 8.78 Å². The first-order valence-corrected chi connectivity index (χ1v) is 13.5. The second-order valence-corrected chi connectivity index (χ2v) is 11.5. The molecule has 8 heteroatoms. The molecule has 2 heterocycles. The van der Waals surface area contributed by atoms with E-state index in [0.717, 1.165) is 23.6 Å². The summed E-state index contributed by atoms with van der Waals surface area (Å²) in [5.74, 6) is -3.25. The standard InChI is InChI=1S/C33H32F2N2O4/c1-33(2,3)18-27(38)41-16-15-21-20-9-5-7-11-25(20)36-30(21)28(23-17-19(34)13-14-24(23)35)29-31(39)22-10-6-8-12-26(22)37(4)32(29)40/h5-14,17,28,36,39H,15-16,18H2,1-4H3. The number of carbonyl (C=O) groups excluding carboxylic acids is 1. The van der Waals surface area contributed by atoms with Gasteiger partial charge in [0.05, 0.1) is 30.0 Å². The number of benzene rings is 3. The monoisotopic (exact) mass is 558 g/mol. The van der Waals surface area contributed by atoms with Crippen LogP contribution in [0.15, 0.2) is 71.5 Å². The van der Waals surface area contributed by atoms with E-state index in [2.05, 4.69) is 4.98 Å². The molecular weight excluding hydrogens is 526 g/mol. The van der Waals surface area contributed by atoms with Gasteiger partial charge in [-0.1, -0.05) is 51.1 Å². The molecule has 0 bridgehead atoms. The summed E-state index contributed by atoms with van der Waals surface area (Å²) in [6, 6.07) is 17.3. The fraction of sp³-hybridized carbons (Fsp3) is 0.273. The van der Waals surface area contributed by atoms with Crippen molar-refractivity contribution in [1.82, 2.24) is 9.55 Å². The number of ether oxygens (including phenoxy) is 1. The Kier molecular flexibility index (Phi) is 7.43. The quantitative estimate of drug-likeness (QED) is 0.218. The minimum atomic E-state index is -1.19. The largest absolute Gasteiger partial charge is 0.507 e. The number of aromatic amines is 1. The number of carbonyl (C=O) groups is 1. The van der Waals surface area contributed by atoms with Crippen LogP contribution in [0.2, 0.25) is 0 Å². The molecule has 0 aliphatic heterocycles. The highest BCUT2D eigenvalue weighted by atomic mass is 19.1. The van der Waals surface area contributed by atoms with Gasteiger partial charge >= 0.3 is 5.97 Å². The number of aryl methyl sites for hydroxylation is 1. The van der Waals surface area contributed by atoms with Crippen LogP contribution in [-0.4, -0.2) is 27.2 Å². The van der Waals surface area contributed by atoms with Crippen LogP contribution < -0.4 is 5.56 Å². The molecule has 3 aromatic carbocycles. The van der Waals surface area contributed by atoms with Crippen LogP contribution in [0, 0.1) is 17.0 Å². The Balaban J connectivity index is 1.74. The summed E-state index contributed by atoms with van der Waals surface area (Å²) < 4.78 is 37.1. The SMILES string of the molecule is Cn1c(=O)c(C(c2cc(F)ccc2F)c2[nH]c3ccccc3c2CCOC(=O)CC(C)(C)C)c(O)c2ccccc21. The van der Waals surface area contributed by atoms with Crippen molar-refractivity contribution in [3.8, 4) is 5.75 Å². The van der Waals surface area contributed by atoms with Gasteiger partial charge in [-0.05, 0) is 47.4 Å². The average Bonchev–Trinajstić information content (AvgIpc) is 3.28. The molecule has 0 aliphatic carbocycles. The van der Waals surface area contributed by atoms with E-state index in [1.54, 1.807) is 31.3 Å². The number of hydrogen-bond acceptors (Lipinski definition) is 4. The number of fused-ring (bicyclic) bond motifs is 2. The number of halogens is 2. The third kappa shape index (κ3) is 5.46. The Morgan fingerprint density at radius 2 is 1.71 bits per heavy atom. The van der Waals surface area contributed by atoms with Crippen LogP contribution in [-0.2, 0) is 23.0 Å². The molecule has 2 aromatic heterocycles. The maximum atomic E-state index is 15.5. The number of aromatic hydroxyl groups is 1. The number of rotatable bonds is 7. The van der Waals surface area contributed by atoms with Crippen molar-refractivity contribution < 1.29 is 23.4 Å². The van der Waals surface area contributed by atoms with Crippen molar-refractivity contribution in [2.45, 2.75) is 39.5 Å². The molecule has 0 aliphatic rings. The summed E-state index contributed by atoms with van der Waals surface area (Å²) >= 11 is 0. The van der Waals surface area contributed by atoms with Crippen LogP contribution >= 0.6 is 0 Å². The summed E-state index contributed by atoms with van der Waals surface area (Å²) in [7, 11) is 1.58. The number of para-hydroxylation sites is 2. The lowest BCUT2D eigenvalue weighted by molar-refractivity contribution is -0.145. The van der Waals surface area contributed by atoms with Gasteiger partial charge in [0.25, 0.3) is 5.56 Å². The lowest BCUT2D eigenvalue weighted by Crippen LogP contribution is -2.26. The zero-order valence-electron chi connectivity index (χ0n) is 23.4. The molecule has 1 atom stereocenters. The van der Waals surface area contributed by atoms with Gasteiger partial charge < -0.3 is 19.4 Å². The molecule has 0 amide bonds. The number of nitrogens with zero attached hydrogens (tertiary/aromatic N) is 1. The molecule has 0 radical (unpaired) electrons. The van der Waals surface area contributed by atoms with E-state index in [-0.39, 0.29) is 47.7 Å². The first-order valence-electron chi connectivity index (χ1n) is 13.5. The molecule has 41 heavy (non-hydrogen) atoms. The Morgan fingerprint density at radius 3 is 2.44 bits per heavy atom. The second-order valence-electron chi connectivity index (χ2n) is 11.5. The van der Waals surface area contributed by atoms with Gasteiger partial charge in [-0.25, -0.2) is 8.78 Å². The fourth-order valence-corrected chi connectivity index (χ4v) is 5.44. The minimum Gasteiger partial charge on any atom is -0.507 e. The Labute approximate surface area is 236 Å². The first-order chi connectivity index (χ1) is 19.5. The van der Waals surface area contributed by atoms with Gasteiger partial charge in [-0.15, -0.1) is 0 Å². The lowest BCUT2D eigenvalue weighted by atomic mass is 9.84. The maximum Gasteiger partial charge on any atom is 0.306 e. The summed E-state index contributed by atoms with van der Waals surface area (Å²) in [4.78, 5) is 29.6. The van der Waals surface area contributed by atoms with E-state index in [1.807, 2.05) is 45.0 Å².